The van der Waals surface area contributed by atoms with Gasteiger partial charge in [0.15, 0.2) is 0 Å². The average Bonchev–Trinajstić information content (AvgIpc) is 2.37. The Labute approximate surface area is 99.3 Å². The Morgan fingerprint density at radius 2 is 1.88 bits per heavy atom. The van der Waals surface area contributed by atoms with Gasteiger partial charge in [0.25, 0.3) is 0 Å². The van der Waals surface area contributed by atoms with Crippen molar-refractivity contribution in [2.45, 2.75) is 12.5 Å². The Morgan fingerprint density at radius 3 is 2.56 bits per heavy atom. The SMILES string of the molecule is C=CC(C)(O[SiH3])c1cccc2ccccc12. The molecule has 2 heteroatoms. The lowest BCUT2D eigenvalue weighted by Crippen LogP contribution is -2.21. The van der Waals surface area contributed by atoms with Gasteiger partial charge in [-0.3, -0.25) is 0 Å². The topological polar surface area (TPSA) is 9.23 Å². The predicted molar refractivity (Wildman–Crippen MR) is 72.5 cm³/mol. The van der Waals surface area contributed by atoms with E-state index in [0.717, 1.165) is 0 Å². The molecular weight excluding hydrogens is 212 g/mol. The summed E-state index contributed by atoms with van der Waals surface area (Å²) in [6.45, 7) is 5.95. The van der Waals surface area contributed by atoms with Crippen molar-refractivity contribution in [1.82, 2.24) is 0 Å². The Bertz CT molecular complexity index is 516. The molecule has 2 aromatic rings. The molecule has 0 aliphatic heterocycles. The highest BCUT2D eigenvalue weighted by molar-refractivity contribution is 5.99. The Morgan fingerprint density at radius 1 is 1.19 bits per heavy atom. The summed E-state index contributed by atoms with van der Waals surface area (Å²) in [6.07, 6.45) is 1.88. The lowest BCUT2D eigenvalue weighted by atomic mass is 9.91. The second-order valence-corrected chi connectivity index (χ2v) is 4.45. The maximum Gasteiger partial charge on any atom is 0.147 e. The van der Waals surface area contributed by atoms with Gasteiger partial charge >= 0.3 is 0 Å². The lowest BCUT2D eigenvalue weighted by molar-refractivity contribution is 0.160. The van der Waals surface area contributed by atoms with Gasteiger partial charge in [-0.2, -0.15) is 0 Å². The molecular formula is C14H16OSi. The van der Waals surface area contributed by atoms with Gasteiger partial charge in [-0.15, -0.1) is 0 Å². The molecule has 16 heavy (non-hydrogen) atoms. The predicted octanol–water partition coefficient (Wildman–Crippen LogP) is 2.54. The van der Waals surface area contributed by atoms with Gasteiger partial charge in [0, 0.05) is 0 Å². The van der Waals surface area contributed by atoms with Crippen LogP contribution in [0.15, 0.2) is 55.1 Å². The van der Waals surface area contributed by atoms with E-state index >= 15 is 0 Å². The number of fused-ring (bicyclic) bond motifs is 1. The zero-order valence-electron chi connectivity index (χ0n) is 9.73. The van der Waals surface area contributed by atoms with Crippen molar-refractivity contribution >= 4 is 21.3 Å². The second kappa shape index (κ2) is 4.24. The molecule has 1 atom stereocenters. The zero-order chi connectivity index (χ0) is 11.6. The van der Waals surface area contributed by atoms with Crippen LogP contribution in [-0.4, -0.2) is 10.5 Å². The first-order chi connectivity index (χ1) is 7.71. The van der Waals surface area contributed by atoms with Crippen LogP contribution >= 0.6 is 0 Å². The van der Waals surface area contributed by atoms with E-state index in [2.05, 4.69) is 56.0 Å². The van der Waals surface area contributed by atoms with E-state index in [9.17, 15) is 0 Å². The molecule has 0 aliphatic rings. The van der Waals surface area contributed by atoms with Gasteiger partial charge in [-0.05, 0) is 23.3 Å². The first-order valence-corrected chi connectivity index (χ1v) is 6.20. The highest BCUT2D eigenvalue weighted by Crippen LogP contribution is 2.31. The molecule has 2 aromatic carbocycles. The molecule has 0 spiro atoms. The van der Waals surface area contributed by atoms with Crippen LogP contribution in [0.5, 0.6) is 0 Å². The van der Waals surface area contributed by atoms with Crippen LogP contribution in [-0.2, 0) is 10.0 Å². The third-order valence-corrected chi connectivity index (χ3v) is 3.99. The van der Waals surface area contributed by atoms with E-state index in [1.807, 2.05) is 6.08 Å². The van der Waals surface area contributed by atoms with Crippen LogP contribution in [0.25, 0.3) is 10.8 Å². The Kier molecular flexibility index (Phi) is 2.94. The van der Waals surface area contributed by atoms with E-state index in [-0.39, 0.29) is 5.60 Å². The zero-order valence-corrected chi connectivity index (χ0v) is 11.7. The molecule has 82 valence electrons. The highest BCUT2D eigenvalue weighted by atomic mass is 28.2. The van der Waals surface area contributed by atoms with Gasteiger partial charge in [0.2, 0.25) is 0 Å². The van der Waals surface area contributed by atoms with Crippen molar-refractivity contribution in [2.75, 3.05) is 0 Å². The highest BCUT2D eigenvalue weighted by Gasteiger charge is 2.22. The largest absolute Gasteiger partial charge is 0.415 e. The minimum atomic E-state index is -0.368. The van der Waals surface area contributed by atoms with Crippen molar-refractivity contribution in [3.05, 3.63) is 60.7 Å². The number of hydrogen-bond donors (Lipinski definition) is 0. The van der Waals surface area contributed by atoms with Crippen LogP contribution in [0.1, 0.15) is 12.5 Å². The van der Waals surface area contributed by atoms with Gasteiger partial charge in [0.1, 0.15) is 10.5 Å². The number of rotatable bonds is 3. The van der Waals surface area contributed by atoms with Crippen molar-refractivity contribution in [2.24, 2.45) is 0 Å². The van der Waals surface area contributed by atoms with E-state index in [1.54, 1.807) is 0 Å². The van der Waals surface area contributed by atoms with Crippen LogP contribution < -0.4 is 0 Å². The molecule has 0 heterocycles. The fraction of sp³-hybridized carbons (Fsp3) is 0.143. The summed E-state index contributed by atoms with van der Waals surface area (Å²) in [5, 5.41) is 2.48. The third kappa shape index (κ3) is 1.70. The van der Waals surface area contributed by atoms with Crippen molar-refractivity contribution < 1.29 is 4.43 Å². The molecule has 0 bridgehead atoms. The summed E-state index contributed by atoms with van der Waals surface area (Å²) in [7, 11) is 0.696. The lowest BCUT2D eigenvalue weighted by Gasteiger charge is -2.27. The average molecular weight is 228 g/mol. The maximum absolute atomic E-state index is 5.70. The Hall–Kier alpha value is -1.38. The minimum absolute atomic E-state index is 0.368. The van der Waals surface area contributed by atoms with Crippen molar-refractivity contribution in [3.63, 3.8) is 0 Å². The fourth-order valence-corrected chi connectivity index (χ4v) is 2.35. The van der Waals surface area contributed by atoms with Crippen LogP contribution in [0.4, 0.5) is 0 Å². The van der Waals surface area contributed by atoms with Crippen LogP contribution in [0, 0.1) is 0 Å². The standard InChI is InChI=1S/C14H16OSi/c1-3-14(2,15-16)13-10-6-8-11-7-4-5-9-12(11)13/h3-10H,1H2,2,16H3. The molecule has 0 radical (unpaired) electrons. The molecule has 0 N–H and O–H groups in total. The Balaban J connectivity index is 2.73. The second-order valence-electron chi connectivity index (χ2n) is 4.04. The fourth-order valence-electron chi connectivity index (χ4n) is 1.96. The molecule has 2 rings (SSSR count). The molecule has 0 saturated heterocycles. The molecule has 0 aliphatic carbocycles. The normalized spacial score (nSPS) is 14.8. The quantitative estimate of drug-likeness (QED) is 0.579. The molecule has 0 aromatic heterocycles. The summed E-state index contributed by atoms with van der Waals surface area (Å²) in [5.41, 5.74) is 0.822. The van der Waals surface area contributed by atoms with Crippen LogP contribution in [0.2, 0.25) is 0 Å². The molecule has 0 amide bonds. The number of benzene rings is 2. The molecule has 0 saturated carbocycles. The summed E-state index contributed by atoms with van der Waals surface area (Å²) in [4.78, 5) is 0. The van der Waals surface area contributed by atoms with E-state index in [0.29, 0.717) is 10.5 Å². The van der Waals surface area contributed by atoms with Gasteiger partial charge in [0.05, 0.1) is 5.60 Å². The monoisotopic (exact) mass is 228 g/mol. The van der Waals surface area contributed by atoms with E-state index < -0.39 is 0 Å². The molecule has 0 fully saturated rings. The third-order valence-electron chi connectivity index (χ3n) is 3.14. The van der Waals surface area contributed by atoms with Crippen molar-refractivity contribution in [3.8, 4) is 0 Å². The summed E-state index contributed by atoms with van der Waals surface area (Å²) in [5.74, 6) is 0. The number of hydrogen-bond acceptors (Lipinski definition) is 1. The summed E-state index contributed by atoms with van der Waals surface area (Å²) >= 11 is 0. The first-order valence-electron chi connectivity index (χ1n) is 5.38. The van der Waals surface area contributed by atoms with Crippen LogP contribution in [0.3, 0.4) is 0 Å². The van der Waals surface area contributed by atoms with E-state index in [4.69, 9.17) is 4.43 Å². The minimum Gasteiger partial charge on any atom is -0.415 e. The van der Waals surface area contributed by atoms with Gasteiger partial charge in [-0.1, -0.05) is 55.1 Å². The summed E-state index contributed by atoms with van der Waals surface area (Å²) in [6, 6.07) is 14.7. The molecule has 1 unspecified atom stereocenters. The van der Waals surface area contributed by atoms with Crippen molar-refractivity contribution in [1.29, 1.82) is 0 Å². The summed E-state index contributed by atoms with van der Waals surface area (Å²) < 4.78 is 5.70. The first kappa shape index (κ1) is 11.1. The smallest absolute Gasteiger partial charge is 0.147 e. The van der Waals surface area contributed by atoms with Gasteiger partial charge in [-0.25, -0.2) is 0 Å². The van der Waals surface area contributed by atoms with E-state index in [1.165, 1.54) is 16.3 Å². The molecule has 1 nitrogen and oxygen atoms in total. The maximum atomic E-state index is 5.70. The van der Waals surface area contributed by atoms with Gasteiger partial charge < -0.3 is 4.43 Å².